The summed E-state index contributed by atoms with van der Waals surface area (Å²) in [6.45, 7) is 6.14. The molecular weight excluding hydrogens is 352 g/mol. The lowest BCUT2D eigenvalue weighted by molar-refractivity contribution is 0.0950. The lowest BCUT2D eigenvalue weighted by Crippen LogP contribution is -2.19. The fraction of sp³-hybridized carbons (Fsp3) is 0.227. The number of rotatable bonds is 6. The zero-order valence-electron chi connectivity index (χ0n) is 16.2. The third kappa shape index (κ3) is 4.85. The van der Waals surface area contributed by atoms with Gasteiger partial charge >= 0.3 is 0 Å². The molecule has 0 fully saturated rings. The van der Waals surface area contributed by atoms with Gasteiger partial charge in [0.05, 0.1) is 11.4 Å². The molecular formula is C22H24N4O2. The summed E-state index contributed by atoms with van der Waals surface area (Å²) in [6, 6.07) is 16.6. The second-order valence-corrected chi connectivity index (χ2v) is 7.15. The molecule has 1 heterocycles. The van der Waals surface area contributed by atoms with E-state index in [1.807, 2.05) is 18.2 Å². The minimum absolute atomic E-state index is 0.149. The molecule has 0 radical (unpaired) electrons. The van der Waals surface area contributed by atoms with Crippen LogP contribution in [0.5, 0.6) is 5.75 Å². The van der Waals surface area contributed by atoms with Gasteiger partial charge in [0.15, 0.2) is 0 Å². The molecule has 0 aliphatic heterocycles. The Bertz CT molecular complexity index is 988. The number of nitrogens with one attached hydrogen (secondary N) is 2. The Kier molecular flexibility index (Phi) is 5.89. The molecule has 2 aromatic carbocycles. The van der Waals surface area contributed by atoms with Gasteiger partial charge in [-0.25, -0.2) is 5.43 Å². The van der Waals surface area contributed by atoms with Crippen LogP contribution in [0.3, 0.4) is 0 Å². The summed E-state index contributed by atoms with van der Waals surface area (Å²) >= 11 is 0. The van der Waals surface area contributed by atoms with Crippen LogP contribution in [-0.4, -0.2) is 26.9 Å². The van der Waals surface area contributed by atoms with E-state index in [2.05, 4.69) is 46.7 Å². The summed E-state index contributed by atoms with van der Waals surface area (Å²) < 4.78 is 0. The maximum Gasteiger partial charge on any atom is 0.289 e. The van der Waals surface area contributed by atoms with E-state index in [1.54, 1.807) is 31.2 Å². The van der Waals surface area contributed by atoms with E-state index in [1.165, 1.54) is 5.56 Å². The van der Waals surface area contributed by atoms with Crippen LogP contribution in [0.1, 0.15) is 42.4 Å². The Morgan fingerprint density at radius 2 is 1.93 bits per heavy atom. The van der Waals surface area contributed by atoms with Crippen LogP contribution < -0.4 is 5.43 Å². The number of hydrogen-bond donors (Lipinski definition) is 3. The Labute approximate surface area is 164 Å². The van der Waals surface area contributed by atoms with Crippen LogP contribution >= 0.6 is 0 Å². The fourth-order valence-corrected chi connectivity index (χ4v) is 2.86. The highest BCUT2D eigenvalue weighted by Crippen LogP contribution is 2.19. The van der Waals surface area contributed by atoms with Crippen molar-refractivity contribution in [1.82, 2.24) is 15.6 Å². The second kappa shape index (κ2) is 8.52. The quantitative estimate of drug-likeness (QED) is 0.446. The summed E-state index contributed by atoms with van der Waals surface area (Å²) in [5.41, 5.74) is 7.08. The van der Waals surface area contributed by atoms with Crippen molar-refractivity contribution in [2.24, 2.45) is 11.0 Å². The van der Waals surface area contributed by atoms with Gasteiger partial charge in [0.2, 0.25) is 0 Å². The number of phenolic OH excluding ortho intramolecular Hbond substituents is 1. The van der Waals surface area contributed by atoms with Gasteiger partial charge in [0, 0.05) is 11.1 Å². The van der Waals surface area contributed by atoms with Crippen LogP contribution in [-0.2, 0) is 6.42 Å². The zero-order valence-corrected chi connectivity index (χ0v) is 16.2. The Morgan fingerprint density at radius 1 is 1.18 bits per heavy atom. The molecule has 6 heteroatoms. The molecule has 28 heavy (non-hydrogen) atoms. The van der Waals surface area contributed by atoms with Gasteiger partial charge in [-0.3, -0.25) is 9.89 Å². The average Bonchev–Trinajstić information content (AvgIpc) is 3.16. The van der Waals surface area contributed by atoms with E-state index in [9.17, 15) is 9.90 Å². The molecule has 6 nitrogen and oxygen atoms in total. The lowest BCUT2D eigenvalue weighted by atomic mass is 10.0. The van der Waals surface area contributed by atoms with Crippen molar-refractivity contribution in [3.05, 3.63) is 71.4 Å². The standard InChI is InChI=1S/C22H24N4O2/c1-14(2)11-16-7-9-17(10-8-16)20-13-21(25-24-20)22(28)26-23-15(3)18-5-4-6-19(27)12-18/h4-10,12-14,27H,11H2,1-3H3,(H,24,25)(H,26,28)/b23-15-. The van der Waals surface area contributed by atoms with Gasteiger partial charge in [-0.1, -0.05) is 50.2 Å². The topological polar surface area (TPSA) is 90.4 Å². The number of aromatic amines is 1. The molecule has 3 aromatic rings. The number of aromatic hydroxyl groups is 1. The predicted octanol–water partition coefficient (Wildman–Crippen LogP) is 4.13. The number of benzene rings is 2. The first kappa shape index (κ1) is 19.4. The van der Waals surface area contributed by atoms with Crippen molar-refractivity contribution in [3.63, 3.8) is 0 Å². The van der Waals surface area contributed by atoms with Crippen LogP contribution in [0.25, 0.3) is 11.3 Å². The maximum absolute atomic E-state index is 12.3. The molecule has 1 aromatic heterocycles. The number of hydrazone groups is 1. The summed E-state index contributed by atoms with van der Waals surface area (Å²) in [5.74, 6) is 0.376. The molecule has 3 rings (SSSR count). The predicted molar refractivity (Wildman–Crippen MR) is 110 cm³/mol. The molecule has 0 atom stereocenters. The number of nitrogens with zero attached hydrogens (tertiary/aromatic N) is 2. The number of phenols is 1. The molecule has 0 saturated carbocycles. The number of aromatic nitrogens is 2. The van der Waals surface area contributed by atoms with Crippen molar-refractivity contribution < 1.29 is 9.90 Å². The molecule has 0 unspecified atom stereocenters. The minimum Gasteiger partial charge on any atom is -0.508 e. The number of amides is 1. The molecule has 144 valence electrons. The van der Waals surface area contributed by atoms with Crippen molar-refractivity contribution >= 4 is 11.6 Å². The second-order valence-electron chi connectivity index (χ2n) is 7.15. The third-order valence-electron chi connectivity index (χ3n) is 4.31. The highest BCUT2D eigenvalue weighted by molar-refractivity contribution is 6.00. The summed E-state index contributed by atoms with van der Waals surface area (Å²) in [7, 11) is 0. The fourth-order valence-electron chi connectivity index (χ4n) is 2.86. The van der Waals surface area contributed by atoms with Gasteiger partial charge in [-0.15, -0.1) is 0 Å². The van der Waals surface area contributed by atoms with Crippen LogP contribution in [0.4, 0.5) is 0 Å². The molecule has 0 aliphatic rings. The normalized spacial score (nSPS) is 11.6. The van der Waals surface area contributed by atoms with Gasteiger partial charge in [0.25, 0.3) is 5.91 Å². The first-order valence-corrected chi connectivity index (χ1v) is 9.21. The van der Waals surface area contributed by atoms with Crippen molar-refractivity contribution in [1.29, 1.82) is 0 Å². The molecule has 0 aliphatic carbocycles. The lowest BCUT2D eigenvalue weighted by Gasteiger charge is -2.05. The maximum atomic E-state index is 12.3. The summed E-state index contributed by atoms with van der Waals surface area (Å²) in [5, 5.41) is 20.6. The first-order chi connectivity index (χ1) is 13.4. The third-order valence-corrected chi connectivity index (χ3v) is 4.31. The molecule has 1 amide bonds. The van der Waals surface area contributed by atoms with Crippen molar-refractivity contribution in [2.45, 2.75) is 27.2 Å². The van der Waals surface area contributed by atoms with E-state index in [0.29, 0.717) is 23.0 Å². The highest BCUT2D eigenvalue weighted by atomic mass is 16.3. The van der Waals surface area contributed by atoms with Gasteiger partial charge in [-0.2, -0.15) is 10.2 Å². The van der Waals surface area contributed by atoms with Gasteiger partial charge in [0.1, 0.15) is 11.4 Å². The monoisotopic (exact) mass is 376 g/mol. The van der Waals surface area contributed by atoms with E-state index in [-0.39, 0.29) is 11.7 Å². The Morgan fingerprint density at radius 3 is 2.61 bits per heavy atom. The Balaban J connectivity index is 1.67. The Hall–Kier alpha value is -3.41. The SMILES string of the molecule is C/C(=N/NC(=O)c1cc(-c2ccc(CC(C)C)cc2)n[nH]1)c1cccc(O)c1. The van der Waals surface area contributed by atoms with Crippen molar-refractivity contribution in [3.8, 4) is 17.0 Å². The molecule has 3 N–H and O–H groups in total. The average molecular weight is 376 g/mol. The highest BCUT2D eigenvalue weighted by Gasteiger charge is 2.11. The largest absolute Gasteiger partial charge is 0.508 e. The van der Waals surface area contributed by atoms with Gasteiger partial charge < -0.3 is 5.11 Å². The zero-order chi connectivity index (χ0) is 20.1. The van der Waals surface area contributed by atoms with E-state index >= 15 is 0 Å². The minimum atomic E-state index is -0.380. The summed E-state index contributed by atoms with van der Waals surface area (Å²) in [4.78, 5) is 12.3. The number of H-pyrrole nitrogens is 1. The van der Waals surface area contributed by atoms with Crippen LogP contribution in [0.15, 0.2) is 59.7 Å². The van der Waals surface area contributed by atoms with Crippen LogP contribution in [0.2, 0.25) is 0 Å². The van der Waals surface area contributed by atoms with Gasteiger partial charge in [-0.05, 0) is 43.0 Å². The molecule has 0 bridgehead atoms. The van der Waals surface area contributed by atoms with Crippen molar-refractivity contribution in [2.75, 3.05) is 0 Å². The first-order valence-electron chi connectivity index (χ1n) is 9.21. The van der Waals surface area contributed by atoms with E-state index < -0.39 is 0 Å². The molecule has 0 saturated heterocycles. The van der Waals surface area contributed by atoms with Crippen LogP contribution in [0, 0.1) is 5.92 Å². The number of carbonyl (C=O) groups excluding carboxylic acids is 1. The van der Waals surface area contributed by atoms with E-state index in [0.717, 1.165) is 17.5 Å². The number of hydrogen-bond acceptors (Lipinski definition) is 4. The van der Waals surface area contributed by atoms with E-state index in [4.69, 9.17) is 0 Å². The number of carbonyl (C=O) groups is 1. The molecule has 0 spiro atoms. The smallest absolute Gasteiger partial charge is 0.289 e. The summed E-state index contributed by atoms with van der Waals surface area (Å²) in [6.07, 6.45) is 1.03.